The van der Waals surface area contributed by atoms with Crippen molar-refractivity contribution >= 4 is 23.4 Å². The van der Waals surface area contributed by atoms with Gasteiger partial charge < -0.3 is 9.64 Å². The molecule has 0 bridgehead atoms. The molecule has 18 heavy (non-hydrogen) atoms. The van der Waals surface area contributed by atoms with Gasteiger partial charge in [0.15, 0.2) is 0 Å². The zero-order chi connectivity index (χ0) is 12.8. The lowest BCUT2D eigenvalue weighted by Crippen LogP contribution is -2.32. The molecular formula is C14H19NO2S. The summed E-state index contributed by atoms with van der Waals surface area (Å²) >= 11 is 2.01. The fourth-order valence-electron chi connectivity index (χ4n) is 2.02. The van der Waals surface area contributed by atoms with Gasteiger partial charge in [-0.15, -0.1) is 0 Å². The van der Waals surface area contributed by atoms with Crippen LogP contribution in [0.1, 0.15) is 12.5 Å². The second-order valence-electron chi connectivity index (χ2n) is 4.25. The molecular weight excluding hydrogens is 246 g/mol. The molecule has 0 spiro atoms. The monoisotopic (exact) mass is 265 g/mol. The standard InChI is InChI=1S/C14H19NO2S/c1-2-17-14(16)11-12-3-5-13(6-4-12)15-7-9-18-10-8-15/h3-6H,2,7-11H2,1H3. The van der Waals surface area contributed by atoms with Crippen molar-refractivity contribution in [1.82, 2.24) is 0 Å². The molecule has 0 aromatic heterocycles. The van der Waals surface area contributed by atoms with Crippen LogP contribution in [0.2, 0.25) is 0 Å². The van der Waals surface area contributed by atoms with Crippen LogP contribution < -0.4 is 4.90 Å². The van der Waals surface area contributed by atoms with Gasteiger partial charge in [0, 0.05) is 30.3 Å². The molecule has 0 N–H and O–H groups in total. The number of hydrogen-bond donors (Lipinski definition) is 0. The first kappa shape index (κ1) is 13.3. The molecule has 0 radical (unpaired) electrons. The van der Waals surface area contributed by atoms with E-state index in [1.165, 1.54) is 17.2 Å². The van der Waals surface area contributed by atoms with Crippen molar-refractivity contribution in [2.45, 2.75) is 13.3 Å². The lowest BCUT2D eigenvalue weighted by Gasteiger charge is -2.28. The Morgan fingerprint density at radius 2 is 1.94 bits per heavy atom. The fraction of sp³-hybridized carbons (Fsp3) is 0.500. The number of ether oxygens (including phenoxy) is 1. The first-order chi connectivity index (χ1) is 8.79. The highest BCUT2D eigenvalue weighted by Crippen LogP contribution is 2.20. The average molecular weight is 265 g/mol. The van der Waals surface area contributed by atoms with Gasteiger partial charge in [-0.3, -0.25) is 4.79 Å². The van der Waals surface area contributed by atoms with E-state index in [0.717, 1.165) is 18.7 Å². The Labute approximate surface area is 113 Å². The number of rotatable bonds is 4. The summed E-state index contributed by atoms with van der Waals surface area (Å²) in [6.45, 7) is 4.50. The normalized spacial score (nSPS) is 15.5. The Balaban J connectivity index is 1.94. The summed E-state index contributed by atoms with van der Waals surface area (Å²) in [4.78, 5) is 13.8. The van der Waals surface area contributed by atoms with Crippen LogP contribution in [0.25, 0.3) is 0 Å². The molecule has 0 atom stereocenters. The summed E-state index contributed by atoms with van der Waals surface area (Å²) in [6.07, 6.45) is 0.365. The van der Waals surface area contributed by atoms with Crippen LogP contribution in [0.4, 0.5) is 5.69 Å². The van der Waals surface area contributed by atoms with Crippen LogP contribution in [0.15, 0.2) is 24.3 Å². The zero-order valence-corrected chi connectivity index (χ0v) is 11.5. The largest absolute Gasteiger partial charge is 0.466 e. The maximum Gasteiger partial charge on any atom is 0.310 e. The summed E-state index contributed by atoms with van der Waals surface area (Å²) in [6, 6.07) is 8.25. The summed E-state index contributed by atoms with van der Waals surface area (Å²) in [5.41, 5.74) is 2.27. The summed E-state index contributed by atoms with van der Waals surface area (Å²) in [7, 11) is 0. The molecule has 4 heteroatoms. The maximum atomic E-state index is 11.4. The minimum Gasteiger partial charge on any atom is -0.466 e. The van der Waals surface area contributed by atoms with Gasteiger partial charge in [-0.2, -0.15) is 11.8 Å². The van der Waals surface area contributed by atoms with E-state index in [1.54, 1.807) is 0 Å². The third kappa shape index (κ3) is 3.67. The van der Waals surface area contributed by atoms with Gasteiger partial charge >= 0.3 is 5.97 Å². The molecule has 1 aromatic rings. The predicted octanol–water partition coefficient (Wildman–Crippen LogP) is 2.35. The van der Waals surface area contributed by atoms with Crippen LogP contribution in [0.5, 0.6) is 0 Å². The van der Waals surface area contributed by atoms with Crippen LogP contribution >= 0.6 is 11.8 Å². The van der Waals surface area contributed by atoms with Gasteiger partial charge in [0.1, 0.15) is 0 Å². The average Bonchev–Trinajstić information content (AvgIpc) is 2.41. The number of nitrogens with zero attached hydrogens (tertiary/aromatic N) is 1. The molecule has 0 aliphatic carbocycles. The van der Waals surface area contributed by atoms with Gasteiger partial charge in [-0.05, 0) is 24.6 Å². The lowest BCUT2D eigenvalue weighted by molar-refractivity contribution is -0.142. The zero-order valence-electron chi connectivity index (χ0n) is 10.7. The molecule has 0 amide bonds. The van der Waals surface area contributed by atoms with E-state index < -0.39 is 0 Å². The maximum absolute atomic E-state index is 11.4. The molecule has 1 aliphatic rings. The van der Waals surface area contributed by atoms with E-state index in [-0.39, 0.29) is 5.97 Å². The van der Waals surface area contributed by atoms with Gasteiger partial charge in [0.2, 0.25) is 0 Å². The number of carbonyl (C=O) groups is 1. The van der Waals surface area contributed by atoms with Crippen molar-refractivity contribution in [1.29, 1.82) is 0 Å². The van der Waals surface area contributed by atoms with Crippen LogP contribution in [0, 0.1) is 0 Å². The molecule has 1 saturated heterocycles. The van der Waals surface area contributed by atoms with Gasteiger partial charge in [-0.25, -0.2) is 0 Å². The molecule has 98 valence electrons. The van der Waals surface area contributed by atoms with Crippen molar-refractivity contribution in [3.63, 3.8) is 0 Å². The molecule has 1 aliphatic heterocycles. The van der Waals surface area contributed by atoms with Gasteiger partial charge in [-0.1, -0.05) is 12.1 Å². The van der Waals surface area contributed by atoms with Gasteiger partial charge in [0.05, 0.1) is 13.0 Å². The minimum atomic E-state index is -0.153. The van der Waals surface area contributed by atoms with Crippen molar-refractivity contribution in [3.8, 4) is 0 Å². The molecule has 1 fully saturated rings. The van der Waals surface area contributed by atoms with E-state index >= 15 is 0 Å². The molecule has 2 rings (SSSR count). The highest BCUT2D eigenvalue weighted by atomic mass is 32.2. The highest BCUT2D eigenvalue weighted by molar-refractivity contribution is 7.99. The summed E-state index contributed by atoms with van der Waals surface area (Å²) in [5.74, 6) is 2.24. The Bertz CT molecular complexity index is 385. The number of carbonyl (C=O) groups excluding carboxylic acids is 1. The van der Waals surface area contributed by atoms with Crippen LogP contribution in [-0.2, 0) is 16.0 Å². The summed E-state index contributed by atoms with van der Waals surface area (Å²) < 4.78 is 4.94. The number of hydrogen-bond acceptors (Lipinski definition) is 4. The number of thioether (sulfide) groups is 1. The smallest absolute Gasteiger partial charge is 0.310 e. The van der Waals surface area contributed by atoms with E-state index in [1.807, 2.05) is 30.8 Å². The first-order valence-electron chi connectivity index (χ1n) is 6.37. The number of anilines is 1. The van der Waals surface area contributed by atoms with E-state index in [4.69, 9.17) is 4.74 Å². The lowest BCUT2D eigenvalue weighted by atomic mass is 10.1. The van der Waals surface area contributed by atoms with E-state index in [9.17, 15) is 4.79 Å². The van der Waals surface area contributed by atoms with Crippen molar-refractivity contribution < 1.29 is 9.53 Å². The quantitative estimate of drug-likeness (QED) is 0.782. The Morgan fingerprint density at radius 3 is 2.56 bits per heavy atom. The van der Waals surface area contributed by atoms with Crippen LogP contribution in [-0.4, -0.2) is 37.2 Å². The second-order valence-corrected chi connectivity index (χ2v) is 5.47. The third-order valence-corrected chi connectivity index (χ3v) is 3.91. The Morgan fingerprint density at radius 1 is 1.28 bits per heavy atom. The first-order valence-corrected chi connectivity index (χ1v) is 7.52. The molecule has 1 heterocycles. The number of benzene rings is 1. The van der Waals surface area contributed by atoms with E-state index in [2.05, 4.69) is 17.0 Å². The van der Waals surface area contributed by atoms with Gasteiger partial charge in [0.25, 0.3) is 0 Å². The van der Waals surface area contributed by atoms with Crippen molar-refractivity contribution in [2.75, 3.05) is 36.1 Å². The second kappa shape index (κ2) is 6.69. The Kier molecular flexibility index (Phi) is 4.93. The SMILES string of the molecule is CCOC(=O)Cc1ccc(N2CCSCC2)cc1. The number of esters is 1. The van der Waals surface area contributed by atoms with Crippen LogP contribution in [0.3, 0.4) is 0 Å². The minimum absolute atomic E-state index is 0.153. The molecule has 1 aromatic carbocycles. The predicted molar refractivity (Wildman–Crippen MR) is 76.3 cm³/mol. The Hall–Kier alpha value is -1.16. The fourth-order valence-corrected chi connectivity index (χ4v) is 2.93. The molecule has 0 unspecified atom stereocenters. The topological polar surface area (TPSA) is 29.5 Å². The third-order valence-electron chi connectivity index (χ3n) is 2.97. The molecule has 3 nitrogen and oxygen atoms in total. The van der Waals surface area contributed by atoms with Crippen molar-refractivity contribution in [2.24, 2.45) is 0 Å². The van der Waals surface area contributed by atoms with Crippen molar-refractivity contribution in [3.05, 3.63) is 29.8 Å². The molecule has 0 saturated carbocycles. The summed E-state index contributed by atoms with van der Waals surface area (Å²) in [5, 5.41) is 0. The van der Waals surface area contributed by atoms with E-state index in [0.29, 0.717) is 13.0 Å². The highest BCUT2D eigenvalue weighted by Gasteiger charge is 2.11.